The van der Waals surface area contributed by atoms with Gasteiger partial charge in [0.15, 0.2) is 6.61 Å². The molecule has 9 heteroatoms. The second-order valence-electron chi connectivity index (χ2n) is 7.46. The minimum atomic E-state index is -0.692. The van der Waals surface area contributed by atoms with E-state index >= 15 is 0 Å². The van der Waals surface area contributed by atoms with E-state index in [-0.39, 0.29) is 11.5 Å². The number of hydrogen-bond donors (Lipinski definition) is 2. The van der Waals surface area contributed by atoms with Crippen molar-refractivity contribution < 1.29 is 19.1 Å². The Labute approximate surface area is 206 Å². The van der Waals surface area contributed by atoms with E-state index in [4.69, 9.17) is 16.3 Å². The summed E-state index contributed by atoms with van der Waals surface area (Å²) in [4.78, 5) is 36.9. The molecule has 176 valence electrons. The summed E-state index contributed by atoms with van der Waals surface area (Å²) in [5.41, 5.74) is 2.98. The van der Waals surface area contributed by atoms with E-state index in [0.717, 1.165) is 5.69 Å². The number of nitrogens with zero attached hydrogens (tertiary/aromatic N) is 2. The maximum absolute atomic E-state index is 12.9. The first-order valence-electron chi connectivity index (χ1n) is 10.6. The molecule has 0 spiro atoms. The Morgan fingerprint density at radius 1 is 0.943 bits per heavy atom. The number of anilines is 1. The molecule has 0 saturated heterocycles. The smallest absolute Gasteiger partial charge is 0.342 e. The van der Waals surface area contributed by atoms with Crippen molar-refractivity contribution in [2.75, 3.05) is 19.0 Å². The van der Waals surface area contributed by atoms with Gasteiger partial charge >= 0.3 is 5.97 Å². The molecule has 1 aromatic heterocycles. The molecule has 1 heterocycles. The molecular formula is C26H21ClN4O4. The molecule has 0 saturated carbocycles. The molecule has 4 aromatic rings. The van der Waals surface area contributed by atoms with Gasteiger partial charge in [-0.3, -0.25) is 9.59 Å². The highest BCUT2D eigenvalue weighted by molar-refractivity contribution is 6.30. The van der Waals surface area contributed by atoms with Crippen LogP contribution in [-0.2, 0) is 9.53 Å². The van der Waals surface area contributed by atoms with Crippen LogP contribution in [0.15, 0.2) is 85.1 Å². The highest BCUT2D eigenvalue weighted by Gasteiger charge is 2.21. The van der Waals surface area contributed by atoms with Crippen LogP contribution in [0.3, 0.4) is 0 Å². The van der Waals surface area contributed by atoms with Gasteiger partial charge in [0.25, 0.3) is 11.8 Å². The fourth-order valence-electron chi connectivity index (χ4n) is 3.31. The number of aromatic nitrogens is 2. The molecule has 0 fully saturated rings. The third-order valence-corrected chi connectivity index (χ3v) is 5.32. The summed E-state index contributed by atoms with van der Waals surface area (Å²) in [5, 5.41) is 10.3. The molecule has 35 heavy (non-hydrogen) atoms. The molecule has 8 nitrogen and oxygen atoms in total. The van der Waals surface area contributed by atoms with Crippen molar-refractivity contribution in [2.45, 2.75) is 0 Å². The van der Waals surface area contributed by atoms with Crippen LogP contribution in [0.1, 0.15) is 20.7 Å². The van der Waals surface area contributed by atoms with E-state index in [1.165, 1.54) is 7.05 Å². The van der Waals surface area contributed by atoms with Gasteiger partial charge in [0, 0.05) is 35.1 Å². The molecule has 0 aliphatic rings. The minimum Gasteiger partial charge on any atom is -0.452 e. The molecule has 0 atom stereocenters. The summed E-state index contributed by atoms with van der Waals surface area (Å²) in [6.07, 6.45) is 1.57. The topological polar surface area (TPSA) is 102 Å². The quantitative estimate of drug-likeness (QED) is 0.376. The van der Waals surface area contributed by atoms with Gasteiger partial charge in [-0.2, -0.15) is 5.10 Å². The monoisotopic (exact) mass is 488 g/mol. The number of rotatable bonds is 7. The summed E-state index contributed by atoms with van der Waals surface area (Å²) in [6.45, 7) is -0.493. The van der Waals surface area contributed by atoms with Gasteiger partial charge in [-0.1, -0.05) is 41.9 Å². The molecule has 3 aromatic carbocycles. The Balaban J connectivity index is 1.49. The summed E-state index contributed by atoms with van der Waals surface area (Å²) in [6, 6.07) is 22.6. The minimum absolute atomic E-state index is 0.207. The van der Waals surface area contributed by atoms with Gasteiger partial charge in [-0.15, -0.1) is 0 Å². The molecule has 2 amide bonds. The second kappa shape index (κ2) is 10.7. The molecule has 4 rings (SSSR count). The maximum Gasteiger partial charge on any atom is 0.342 e. The zero-order valence-electron chi connectivity index (χ0n) is 18.7. The number of nitrogens with one attached hydrogen (secondary N) is 2. The van der Waals surface area contributed by atoms with Crippen LogP contribution in [0.25, 0.3) is 16.9 Å². The van der Waals surface area contributed by atoms with Crippen molar-refractivity contribution in [3.8, 4) is 16.9 Å². The fraction of sp³-hybridized carbons (Fsp3) is 0.0769. The van der Waals surface area contributed by atoms with Crippen molar-refractivity contribution in [1.82, 2.24) is 15.1 Å². The number of esters is 1. The maximum atomic E-state index is 12.9. The van der Waals surface area contributed by atoms with Crippen LogP contribution < -0.4 is 10.6 Å². The number of hydrogen-bond acceptors (Lipinski definition) is 5. The number of para-hydroxylation sites is 1. The van der Waals surface area contributed by atoms with E-state index in [2.05, 4.69) is 15.7 Å². The summed E-state index contributed by atoms with van der Waals surface area (Å²) >= 11 is 6.00. The zero-order valence-corrected chi connectivity index (χ0v) is 19.5. The lowest BCUT2D eigenvalue weighted by molar-refractivity contribution is -0.119. The second-order valence-corrected chi connectivity index (χ2v) is 7.90. The van der Waals surface area contributed by atoms with E-state index in [1.54, 1.807) is 59.4 Å². The number of carbonyl (C=O) groups is 3. The van der Waals surface area contributed by atoms with Crippen LogP contribution in [0.2, 0.25) is 5.02 Å². The van der Waals surface area contributed by atoms with Crippen molar-refractivity contribution in [1.29, 1.82) is 0 Å². The fourth-order valence-corrected chi connectivity index (χ4v) is 3.44. The molecule has 2 N–H and O–H groups in total. The Morgan fingerprint density at radius 2 is 1.63 bits per heavy atom. The average molecular weight is 489 g/mol. The first-order valence-corrected chi connectivity index (χ1v) is 11.0. The predicted molar refractivity (Wildman–Crippen MR) is 133 cm³/mol. The van der Waals surface area contributed by atoms with Gasteiger partial charge in [-0.25, -0.2) is 9.48 Å². The number of benzene rings is 3. The largest absolute Gasteiger partial charge is 0.452 e. The molecule has 0 radical (unpaired) electrons. The Kier molecular flexibility index (Phi) is 7.23. The standard InChI is InChI=1S/C26H21ClN4O4/c1-28-25(33)18-9-13-20(14-10-18)29-23(32)16-35-26(34)22-15-31(21-5-3-2-4-6-21)30-24(22)17-7-11-19(27)12-8-17/h2-15H,16H2,1H3,(H,28,33)(H,29,32). The lowest BCUT2D eigenvalue weighted by atomic mass is 10.1. The van der Waals surface area contributed by atoms with Gasteiger partial charge in [0.2, 0.25) is 0 Å². The van der Waals surface area contributed by atoms with Gasteiger partial charge < -0.3 is 15.4 Å². The molecule has 0 bridgehead atoms. The van der Waals surface area contributed by atoms with Crippen LogP contribution in [-0.4, -0.2) is 41.2 Å². The number of ether oxygens (including phenoxy) is 1. The number of amides is 2. The third kappa shape index (κ3) is 5.74. The van der Waals surface area contributed by atoms with Gasteiger partial charge in [0.1, 0.15) is 11.3 Å². The van der Waals surface area contributed by atoms with Gasteiger partial charge in [0.05, 0.1) is 5.69 Å². The Hall–Kier alpha value is -4.43. The molecule has 0 aliphatic carbocycles. The summed E-state index contributed by atoms with van der Waals surface area (Å²) < 4.78 is 6.86. The van der Waals surface area contributed by atoms with Crippen LogP contribution in [0.4, 0.5) is 5.69 Å². The number of carbonyl (C=O) groups excluding carboxylic acids is 3. The van der Waals surface area contributed by atoms with Crippen LogP contribution in [0, 0.1) is 0 Å². The molecular weight excluding hydrogens is 468 g/mol. The van der Waals surface area contributed by atoms with E-state index < -0.39 is 18.5 Å². The Morgan fingerprint density at radius 3 is 2.29 bits per heavy atom. The van der Waals surface area contributed by atoms with Crippen molar-refractivity contribution in [3.63, 3.8) is 0 Å². The third-order valence-electron chi connectivity index (χ3n) is 5.06. The lowest BCUT2D eigenvalue weighted by Gasteiger charge is -2.07. The number of halogens is 1. The van der Waals surface area contributed by atoms with E-state index in [1.807, 2.05) is 30.3 Å². The van der Waals surface area contributed by atoms with E-state index in [0.29, 0.717) is 27.5 Å². The summed E-state index contributed by atoms with van der Waals surface area (Å²) in [7, 11) is 1.54. The van der Waals surface area contributed by atoms with Crippen molar-refractivity contribution >= 4 is 35.1 Å². The first-order chi connectivity index (χ1) is 16.9. The Bertz CT molecular complexity index is 1350. The molecule has 0 unspecified atom stereocenters. The van der Waals surface area contributed by atoms with E-state index in [9.17, 15) is 14.4 Å². The SMILES string of the molecule is CNC(=O)c1ccc(NC(=O)COC(=O)c2cn(-c3ccccc3)nc2-c2ccc(Cl)cc2)cc1. The van der Waals surface area contributed by atoms with Crippen LogP contribution >= 0.6 is 11.6 Å². The summed E-state index contributed by atoms with van der Waals surface area (Å²) in [5.74, 6) is -1.44. The highest BCUT2D eigenvalue weighted by atomic mass is 35.5. The lowest BCUT2D eigenvalue weighted by Crippen LogP contribution is -2.21. The molecule has 0 aliphatic heterocycles. The van der Waals surface area contributed by atoms with Crippen molar-refractivity contribution in [3.05, 3.63) is 101 Å². The van der Waals surface area contributed by atoms with Gasteiger partial charge in [-0.05, 0) is 48.5 Å². The van der Waals surface area contributed by atoms with Crippen molar-refractivity contribution in [2.24, 2.45) is 0 Å². The normalized spacial score (nSPS) is 10.5. The highest BCUT2D eigenvalue weighted by Crippen LogP contribution is 2.26. The van der Waals surface area contributed by atoms with Crippen LogP contribution in [0.5, 0.6) is 0 Å². The zero-order chi connectivity index (χ0) is 24.8. The first kappa shape index (κ1) is 23.7. The predicted octanol–water partition coefficient (Wildman–Crippen LogP) is 4.35. The average Bonchev–Trinajstić information content (AvgIpc) is 3.34.